The normalized spacial score (nSPS) is 11.8. The van der Waals surface area contributed by atoms with Crippen LogP contribution in [0.5, 0.6) is 0 Å². The minimum atomic E-state index is -4.47. The van der Waals surface area contributed by atoms with Gasteiger partial charge in [0, 0.05) is 0 Å². The van der Waals surface area contributed by atoms with Crippen molar-refractivity contribution in [3.63, 3.8) is 0 Å². The predicted molar refractivity (Wildman–Crippen MR) is 54.9 cm³/mol. The molecule has 1 rings (SSSR count). The van der Waals surface area contributed by atoms with Gasteiger partial charge in [0.1, 0.15) is 5.69 Å². The Kier molecular flexibility index (Phi) is 4.25. The highest BCUT2D eigenvalue weighted by atomic mass is 19.4. The molecule has 0 N–H and O–H groups in total. The molecule has 0 aromatic carbocycles. The van der Waals surface area contributed by atoms with Gasteiger partial charge in [-0.2, -0.15) is 13.2 Å². The average Bonchev–Trinajstić information content (AvgIpc) is 2.28. The summed E-state index contributed by atoms with van der Waals surface area (Å²) in [5, 5.41) is 0. The predicted octanol–water partition coefficient (Wildman–Crippen LogP) is 2.68. The number of nitrogens with zero attached hydrogens (tertiary/aromatic N) is 1. The maximum atomic E-state index is 12.3. The molecule has 1 aromatic heterocycles. The Hall–Kier alpha value is -1.85. The second-order valence-corrected chi connectivity index (χ2v) is 3.13. The number of carbonyl (C=O) groups excluding carboxylic acids is 1. The molecule has 1 aromatic rings. The second-order valence-electron chi connectivity index (χ2n) is 3.13. The number of carbonyl (C=O) groups is 1. The Bertz CT molecular complexity index is 427. The van der Waals surface area contributed by atoms with Gasteiger partial charge in [0.25, 0.3) is 0 Å². The maximum Gasteiger partial charge on any atom is 0.433 e. The molecule has 0 saturated carbocycles. The molecule has 0 radical (unpaired) electrons. The number of ether oxygens (including phenoxy) is 1. The van der Waals surface area contributed by atoms with Gasteiger partial charge in [0.2, 0.25) is 0 Å². The van der Waals surface area contributed by atoms with Crippen LogP contribution in [0.1, 0.15) is 17.8 Å². The molecule has 3 nitrogen and oxygen atoms in total. The van der Waals surface area contributed by atoms with Gasteiger partial charge in [-0.25, -0.2) is 4.98 Å². The first-order valence-electron chi connectivity index (χ1n) is 4.71. The molecule has 0 bridgehead atoms. The van der Waals surface area contributed by atoms with E-state index in [-0.39, 0.29) is 12.1 Å². The highest BCUT2D eigenvalue weighted by molar-refractivity contribution is 5.72. The lowest BCUT2D eigenvalue weighted by Crippen LogP contribution is -2.08. The summed E-state index contributed by atoms with van der Waals surface area (Å²) in [6, 6.07) is 3.56. The number of rotatable bonds is 3. The highest BCUT2D eigenvalue weighted by Crippen LogP contribution is 2.27. The number of aromatic nitrogens is 1. The highest BCUT2D eigenvalue weighted by Gasteiger charge is 2.32. The zero-order valence-electron chi connectivity index (χ0n) is 8.99. The number of esters is 1. The van der Waals surface area contributed by atoms with E-state index in [0.717, 1.165) is 6.07 Å². The molecule has 0 aliphatic carbocycles. The Morgan fingerprint density at radius 2 is 2.18 bits per heavy atom. The molecular weight excluding hydrogens is 235 g/mol. The fourth-order valence-electron chi connectivity index (χ4n) is 1.06. The smallest absolute Gasteiger partial charge is 0.433 e. The third-order valence-electron chi connectivity index (χ3n) is 1.86. The molecule has 17 heavy (non-hydrogen) atoms. The zero-order valence-corrected chi connectivity index (χ0v) is 8.99. The Labute approximate surface area is 95.9 Å². The zero-order chi connectivity index (χ0) is 12.9. The summed E-state index contributed by atoms with van der Waals surface area (Å²) >= 11 is 0. The molecule has 0 amide bonds. The molecule has 6 heteroatoms. The monoisotopic (exact) mass is 245 g/mol. The van der Waals surface area contributed by atoms with E-state index in [1.54, 1.807) is 0 Å². The van der Waals surface area contributed by atoms with Crippen LogP contribution in [-0.4, -0.2) is 18.1 Å². The molecular formula is C11H10F3NO2. The fraction of sp³-hybridized carbons (Fsp3) is 0.273. The average molecular weight is 245 g/mol. The van der Waals surface area contributed by atoms with Gasteiger partial charge in [0.15, 0.2) is 0 Å². The molecule has 0 atom stereocenters. The minimum Gasteiger partial charge on any atom is -0.469 e. The van der Waals surface area contributed by atoms with E-state index in [1.165, 1.54) is 31.4 Å². The van der Waals surface area contributed by atoms with Crippen molar-refractivity contribution in [1.82, 2.24) is 4.98 Å². The van der Waals surface area contributed by atoms with E-state index in [9.17, 15) is 18.0 Å². The van der Waals surface area contributed by atoms with Gasteiger partial charge in [-0.1, -0.05) is 12.1 Å². The van der Waals surface area contributed by atoms with Crippen LogP contribution in [0.25, 0.3) is 6.08 Å². The molecule has 0 spiro atoms. The number of methoxy groups -OCH3 is 1. The van der Waals surface area contributed by atoms with E-state index in [4.69, 9.17) is 0 Å². The minimum absolute atomic E-state index is 0.00553. The van der Waals surface area contributed by atoms with Gasteiger partial charge in [-0.05, 0) is 18.2 Å². The van der Waals surface area contributed by atoms with Crippen LogP contribution in [-0.2, 0) is 15.7 Å². The summed E-state index contributed by atoms with van der Waals surface area (Å²) in [6.07, 6.45) is -1.74. The number of alkyl halides is 3. The van der Waals surface area contributed by atoms with Crippen LogP contribution in [0.3, 0.4) is 0 Å². The largest absolute Gasteiger partial charge is 0.469 e. The van der Waals surface area contributed by atoms with Crippen molar-refractivity contribution in [1.29, 1.82) is 0 Å². The van der Waals surface area contributed by atoms with Gasteiger partial charge in [-0.3, -0.25) is 4.79 Å². The fourth-order valence-corrected chi connectivity index (χ4v) is 1.06. The van der Waals surface area contributed by atoms with Crippen LogP contribution in [0.2, 0.25) is 0 Å². The third kappa shape index (κ3) is 4.26. The third-order valence-corrected chi connectivity index (χ3v) is 1.86. The number of halogens is 3. The Morgan fingerprint density at radius 1 is 1.47 bits per heavy atom. The number of pyridine rings is 1. The summed E-state index contributed by atoms with van der Waals surface area (Å²) in [7, 11) is 1.23. The molecule has 0 unspecified atom stereocenters. The molecule has 92 valence electrons. The van der Waals surface area contributed by atoms with Crippen molar-refractivity contribution in [2.45, 2.75) is 12.6 Å². The van der Waals surface area contributed by atoms with Crippen molar-refractivity contribution in [2.75, 3.05) is 7.11 Å². The van der Waals surface area contributed by atoms with E-state index >= 15 is 0 Å². The standard InChI is InChI=1S/C11H10F3NO2/c1-17-10(16)7-3-5-8-4-2-6-9(15-8)11(12,13)14/h2-6H,7H2,1H3. The van der Waals surface area contributed by atoms with E-state index in [2.05, 4.69) is 9.72 Å². The first-order chi connectivity index (χ1) is 7.93. The van der Waals surface area contributed by atoms with Crippen LogP contribution in [0.15, 0.2) is 24.3 Å². The van der Waals surface area contributed by atoms with Gasteiger partial charge in [0.05, 0.1) is 19.2 Å². The van der Waals surface area contributed by atoms with Crippen molar-refractivity contribution < 1.29 is 22.7 Å². The summed E-state index contributed by atoms with van der Waals surface area (Å²) in [5.74, 6) is -0.465. The Balaban J connectivity index is 2.76. The van der Waals surface area contributed by atoms with Crippen molar-refractivity contribution in [3.05, 3.63) is 35.7 Å². The van der Waals surface area contributed by atoms with E-state index < -0.39 is 17.8 Å². The van der Waals surface area contributed by atoms with Crippen molar-refractivity contribution >= 4 is 12.0 Å². The van der Waals surface area contributed by atoms with Gasteiger partial charge < -0.3 is 4.74 Å². The first kappa shape index (κ1) is 13.2. The lowest BCUT2D eigenvalue weighted by atomic mass is 10.2. The SMILES string of the molecule is COC(=O)CC=Cc1cccc(C(F)(F)F)n1. The quantitative estimate of drug-likeness (QED) is 0.768. The topological polar surface area (TPSA) is 39.2 Å². The van der Waals surface area contributed by atoms with Crippen LogP contribution in [0.4, 0.5) is 13.2 Å². The lowest BCUT2D eigenvalue weighted by Gasteiger charge is -2.05. The number of hydrogen-bond donors (Lipinski definition) is 0. The van der Waals surface area contributed by atoms with Gasteiger partial charge in [-0.15, -0.1) is 0 Å². The molecule has 0 fully saturated rings. The molecule has 0 saturated heterocycles. The van der Waals surface area contributed by atoms with Crippen molar-refractivity contribution in [2.24, 2.45) is 0 Å². The summed E-state index contributed by atoms with van der Waals surface area (Å²) in [6.45, 7) is 0. The molecule has 1 heterocycles. The van der Waals surface area contributed by atoms with E-state index in [0.29, 0.717) is 0 Å². The maximum absolute atomic E-state index is 12.3. The summed E-state index contributed by atoms with van der Waals surface area (Å²) in [5.41, 5.74) is -0.818. The lowest BCUT2D eigenvalue weighted by molar-refractivity contribution is -0.141. The van der Waals surface area contributed by atoms with E-state index in [1.807, 2.05) is 0 Å². The van der Waals surface area contributed by atoms with Crippen LogP contribution in [0, 0.1) is 0 Å². The summed E-state index contributed by atoms with van der Waals surface area (Å²) < 4.78 is 41.3. The summed E-state index contributed by atoms with van der Waals surface area (Å²) in [4.78, 5) is 14.2. The van der Waals surface area contributed by atoms with Gasteiger partial charge >= 0.3 is 12.1 Å². The number of hydrogen-bond acceptors (Lipinski definition) is 3. The molecule has 0 aliphatic rings. The Morgan fingerprint density at radius 3 is 2.76 bits per heavy atom. The van der Waals surface area contributed by atoms with Crippen LogP contribution >= 0.6 is 0 Å². The second kappa shape index (κ2) is 5.47. The molecule has 0 aliphatic heterocycles. The van der Waals surface area contributed by atoms with Crippen molar-refractivity contribution in [3.8, 4) is 0 Å². The first-order valence-corrected chi connectivity index (χ1v) is 4.71. The van der Waals surface area contributed by atoms with Crippen LogP contribution < -0.4 is 0 Å².